The van der Waals surface area contributed by atoms with Crippen LogP contribution in [0.1, 0.15) is 70.9 Å². The molecule has 0 spiro atoms. The predicted octanol–water partition coefficient (Wildman–Crippen LogP) is 7.56. The fourth-order valence-electron chi connectivity index (χ4n) is 5.15. The number of anilines is 1. The molecular formula is C34H32F3N3O4. The maximum atomic E-state index is 13.8. The summed E-state index contributed by atoms with van der Waals surface area (Å²) in [6.07, 6.45) is 3.23. The van der Waals surface area contributed by atoms with Crippen LogP contribution in [0.5, 0.6) is 5.75 Å². The molecule has 1 amide bonds. The van der Waals surface area contributed by atoms with Crippen molar-refractivity contribution in [1.29, 1.82) is 0 Å². The Morgan fingerprint density at radius 3 is 2.09 bits per heavy atom. The van der Waals surface area contributed by atoms with E-state index in [1.807, 2.05) is 48.5 Å². The van der Waals surface area contributed by atoms with Crippen molar-refractivity contribution < 1.29 is 32.2 Å². The Bertz CT molecular complexity index is 1540. The van der Waals surface area contributed by atoms with Gasteiger partial charge in [0, 0.05) is 23.9 Å². The first-order valence-corrected chi connectivity index (χ1v) is 14.5. The lowest BCUT2D eigenvalue weighted by atomic mass is 9.87. The van der Waals surface area contributed by atoms with Crippen LogP contribution in [-0.2, 0) is 29.3 Å². The number of carbonyl (C=O) groups excluding carboxylic acids is 2. The van der Waals surface area contributed by atoms with Crippen LogP contribution < -0.4 is 9.64 Å². The van der Waals surface area contributed by atoms with Crippen LogP contribution in [0.15, 0.2) is 91.3 Å². The van der Waals surface area contributed by atoms with E-state index < -0.39 is 24.6 Å². The standard InChI is InChI=1S/C34H32F3N3O4/c35-34(36,37)33(42)40(21-27-19-39-30(20-38-27)26-14-8-3-9-15-26)28-16-17-29(32(41)44-23-25-12-6-2-7-13-25)31(18-28)43-22-24-10-4-1-5-11-24/h1-2,4-7,10-13,16-20,26H,3,8-9,14-15,21-23H2. The molecule has 0 bridgehead atoms. The summed E-state index contributed by atoms with van der Waals surface area (Å²) < 4.78 is 52.8. The smallest absolute Gasteiger partial charge is 0.471 e. The largest absolute Gasteiger partial charge is 0.488 e. The molecule has 7 nitrogen and oxygen atoms in total. The number of rotatable bonds is 10. The van der Waals surface area contributed by atoms with Crippen LogP contribution >= 0.6 is 0 Å². The lowest BCUT2D eigenvalue weighted by Crippen LogP contribution is -2.41. The third-order valence-corrected chi connectivity index (χ3v) is 7.50. The number of esters is 1. The van der Waals surface area contributed by atoms with Crippen molar-refractivity contribution in [2.75, 3.05) is 4.90 Å². The number of aromatic nitrogens is 2. The molecule has 0 saturated heterocycles. The molecule has 44 heavy (non-hydrogen) atoms. The van der Waals surface area contributed by atoms with Gasteiger partial charge in [-0.2, -0.15) is 13.2 Å². The van der Waals surface area contributed by atoms with Gasteiger partial charge in [0.15, 0.2) is 0 Å². The summed E-state index contributed by atoms with van der Waals surface area (Å²) >= 11 is 0. The topological polar surface area (TPSA) is 81.6 Å². The minimum Gasteiger partial charge on any atom is -0.488 e. The SMILES string of the molecule is O=C(OCc1ccccc1)c1ccc(N(Cc2cnc(C3CCCCC3)cn2)C(=O)C(F)(F)F)cc1OCc1ccccc1. The number of nitrogens with zero attached hydrogens (tertiary/aromatic N) is 3. The van der Waals surface area contributed by atoms with Gasteiger partial charge in [0.2, 0.25) is 0 Å². The van der Waals surface area contributed by atoms with E-state index in [0.29, 0.717) is 4.90 Å². The van der Waals surface area contributed by atoms with Gasteiger partial charge in [0.25, 0.3) is 0 Å². The molecule has 1 saturated carbocycles. The predicted molar refractivity (Wildman–Crippen MR) is 158 cm³/mol. The molecule has 1 fully saturated rings. The minimum atomic E-state index is -5.16. The normalized spacial score (nSPS) is 13.7. The Morgan fingerprint density at radius 2 is 1.48 bits per heavy atom. The molecule has 0 radical (unpaired) electrons. The molecule has 0 N–H and O–H groups in total. The number of hydrogen-bond acceptors (Lipinski definition) is 6. The van der Waals surface area contributed by atoms with E-state index in [4.69, 9.17) is 9.47 Å². The summed E-state index contributed by atoms with van der Waals surface area (Å²) in [5.41, 5.74) is 2.43. The highest BCUT2D eigenvalue weighted by atomic mass is 19.4. The van der Waals surface area contributed by atoms with E-state index in [-0.39, 0.29) is 41.8 Å². The number of carbonyl (C=O) groups is 2. The summed E-state index contributed by atoms with van der Waals surface area (Å²) in [6, 6.07) is 22.0. The first-order valence-electron chi connectivity index (χ1n) is 14.5. The highest BCUT2D eigenvalue weighted by molar-refractivity contribution is 5.99. The highest BCUT2D eigenvalue weighted by Gasteiger charge is 2.43. The summed E-state index contributed by atoms with van der Waals surface area (Å²) in [4.78, 5) is 35.2. The van der Waals surface area contributed by atoms with Gasteiger partial charge < -0.3 is 9.47 Å². The molecule has 0 aliphatic heterocycles. The fourth-order valence-corrected chi connectivity index (χ4v) is 5.15. The van der Waals surface area contributed by atoms with Gasteiger partial charge >= 0.3 is 18.1 Å². The molecule has 0 unspecified atom stereocenters. The Hall–Kier alpha value is -4.73. The monoisotopic (exact) mass is 603 g/mol. The molecule has 1 heterocycles. The molecule has 4 aromatic rings. The maximum absolute atomic E-state index is 13.8. The number of amides is 1. The van der Waals surface area contributed by atoms with E-state index in [0.717, 1.165) is 42.5 Å². The van der Waals surface area contributed by atoms with Gasteiger partial charge in [-0.3, -0.25) is 19.7 Å². The van der Waals surface area contributed by atoms with Crippen molar-refractivity contribution in [1.82, 2.24) is 9.97 Å². The summed E-state index contributed by atoms with van der Waals surface area (Å²) in [5, 5.41) is 0. The Kier molecular flexibility index (Phi) is 9.89. The summed E-state index contributed by atoms with van der Waals surface area (Å²) in [6.45, 7) is -0.454. The third kappa shape index (κ3) is 8.00. The van der Waals surface area contributed by atoms with Crippen LogP contribution in [0.3, 0.4) is 0 Å². The quantitative estimate of drug-likeness (QED) is 0.174. The molecular weight excluding hydrogens is 571 g/mol. The van der Waals surface area contributed by atoms with E-state index in [1.54, 1.807) is 18.3 Å². The number of halogens is 3. The molecule has 1 aliphatic rings. The van der Waals surface area contributed by atoms with Gasteiger partial charge in [-0.1, -0.05) is 79.9 Å². The first-order chi connectivity index (χ1) is 21.3. The molecule has 0 atom stereocenters. The van der Waals surface area contributed by atoms with Crippen molar-refractivity contribution in [3.8, 4) is 5.75 Å². The zero-order chi connectivity index (χ0) is 30.9. The Morgan fingerprint density at radius 1 is 0.818 bits per heavy atom. The van der Waals surface area contributed by atoms with Gasteiger partial charge in [-0.15, -0.1) is 0 Å². The van der Waals surface area contributed by atoms with Gasteiger partial charge in [-0.05, 0) is 36.1 Å². The van der Waals surface area contributed by atoms with E-state index in [9.17, 15) is 22.8 Å². The summed E-state index contributed by atoms with van der Waals surface area (Å²) in [5.74, 6) is -2.55. The summed E-state index contributed by atoms with van der Waals surface area (Å²) in [7, 11) is 0. The maximum Gasteiger partial charge on any atom is 0.471 e. The van der Waals surface area contributed by atoms with Gasteiger partial charge in [0.05, 0.1) is 24.1 Å². The molecule has 1 aromatic heterocycles. The van der Waals surface area contributed by atoms with Gasteiger partial charge in [0.1, 0.15) is 24.5 Å². The number of benzene rings is 3. The average molecular weight is 604 g/mol. The minimum absolute atomic E-state index is 0.00619. The second-order valence-electron chi connectivity index (χ2n) is 10.7. The molecule has 3 aromatic carbocycles. The number of hydrogen-bond donors (Lipinski definition) is 0. The molecule has 10 heteroatoms. The fraction of sp³-hybridized carbons (Fsp3) is 0.294. The number of alkyl halides is 3. The van der Waals surface area contributed by atoms with Crippen molar-refractivity contribution in [2.24, 2.45) is 0 Å². The van der Waals surface area contributed by atoms with Crippen LogP contribution in [0.4, 0.5) is 18.9 Å². The van der Waals surface area contributed by atoms with E-state index >= 15 is 0 Å². The second kappa shape index (κ2) is 14.2. The Balaban J connectivity index is 1.43. The molecule has 1 aliphatic carbocycles. The number of ether oxygens (including phenoxy) is 2. The zero-order valence-corrected chi connectivity index (χ0v) is 24.0. The third-order valence-electron chi connectivity index (χ3n) is 7.50. The highest BCUT2D eigenvalue weighted by Crippen LogP contribution is 2.33. The molecule has 228 valence electrons. The van der Waals surface area contributed by atoms with Crippen LogP contribution in [0.25, 0.3) is 0 Å². The lowest BCUT2D eigenvalue weighted by Gasteiger charge is -2.25. The van der Waals surface area contributed by atoms with Crippen molar-refractivity contribution in [3.05, 3.63) is 119 Å². The van der Waals surface area contributed by atoms with E-state index in [1.165, 1.54) is 30.8 Å². The average Bonchev–Trinajstić information content (AvgIpc) is 3.06. The van der Waals surface area contributed by atoms with Crippen LogP contribution in [0, 0.1) is 0 Å². The van der Waals surface area contributed by atoms with Crippen LogP contribution in [-0.4, -0.2) is 28.0 Å². The van der Waals surface area contributed by atoms with Crippen molar-refractivity contribution in [2.45, 2.75) is 64.0 Å². The van der Waals surface area contributed by atoms with Crippen LogP contribution in [0.2, 0.25) is 0 Å². The Labute approximate surface area is 253 Å². The lowest BCUT2D eigenvalue weighted by molar-refractivity contribution is -0.170. The van der Waals surface area contributed by atoms with Crippen molar-refractivity contribution in [3.63, 3.8) is 0 Å². The van der Waals surface area contributed by atoms with E-state index in [2.05, 4.69) is 9.97 Å². The van der Waals surface area contributed by atoms with Crippen molar-refractivity contribution >= 4 is 17.6 Å². The first kappa shape index (κ1) is 30.7. The molecule has 5 rings (SSSR count). The van der Waals surface area contributed by atoms with Gasteiger partial charge in [-0.25, -0.2) is 4.79 Å². The second-order valence-corrected chi connectivity index (χ2v) is 10.7. The zero-order valence-electron chi connectivity index (χ0n) is 24.0.